The summed E-state index contributed by atoms with van der Waals surface area (Å²) in [6, 6.07) is 12.6. The number of nitrogens with zero attached hydrogens (tertiary/aromatic N) is 1. The van der Waals surface area contributed by atoms with Crippen molar-refractivity contribution in [1.82, 2.24) is 4.98 Å². The fraction of sp³-hybridized carbons (Fsp3) is 0.190. The minimum atomic E-state index is -0.883. The molecule has 29 heavy (non-hydrogen) atoms. The zero-order valence-electron chi connectivity index (χ0n) is 15.8. The van der Waals surface area contributed by atoms with Crippen LogP contribution in [0.3, 0.4) is 0 Å². The number of benzene rings is 2. The Hall–Kier alpha value is -3.39. The quantitative estimate of drug-likeness (QED) is 0.648. The first-order chi connectivity index (χ1) is 14.1. The smallest absolute Gasteiger partial charge is 0.339 e. The summed E-state index contributed by atoms with van der Waals surface area (Å²) < 4.78 is 15.9. The van der Waals surface area contributed by atoms with Crippen LogP contribution in [0.2, 0.25) is 0 Å². The molecule has 148 valence electrons. The number of aromatic nitrogens is 1. The first-order valence-electron chi connectivity index (χ1n) is 8.86. The van der Waals surface area contributed by atoms with E-state index in [9.17, 15) is 9.59 Å². The number of esters is 1. The summed E-state index contributed by atoms with van der Waals surface area (Å²) in [5.74, 6) is 0.328. The van der Waals surface area contributed by atoms with E-state index in [2.05, 4.69) is 10.3 Å². The molecule has 0 saturated heterocycles. The van der Waals surface area contributed by atoms with Crippen molar-refractivity contribution in [2.24, 2.45) is 0 Å². The van der Waals surface area contributed by atoms with Crippen LogP contribution >= 0.6 is 11.3 Å². The maximum Gasteiger partial charge on any atom is 0.339 e. The number of rotatable bonds is 5. The van der Waals surface area contributed by atoms with Gasteiger partial charge in [-0.2, -0.15) is 0 Å². The van der Waals surface area contributed by atoms with Crippen molar-refractivity contribution in [3.63, 3.8) is 0 Å². The van der Waals surface area contributed by atoms with E-state index in [-0.39, 0.29) is 0 Å². The number of carbonyl (C=O) groups excluding carboxylic acids is 2. The second kappa shape index (κ2) is 7.92. The molecule has 1 aliphatic heterocycles. The lowest BCUT2D eigenvalue weighted by atomic mass is 9.98. The first kappa shape index (κ1) is 18.9. The van der Waals surface area contributed by atoms with E-state index in [0.717, 1.165) is 11.1 Å². The lowest BCUT2D eigenvalue weighted by Crippen LogP contribution is -2.37. The number of nitrogens with one attached hydrogen (secondary N) is 1. The zero-order valence-corrected chi connectivity index (χ0v) is 16.6. The fourth-order valence-corrected chi connectivity index (χ4v) is 3.85. The second-order valence-electron chi connectivity index (χ2n) is 6.35. The Morgan fingerprint density at radius 2 is 1.97 bits per heavy atom. The number of carbonyl (C=O) groups is 2. The number of hydrogen-bond acceptors (Lipinski definition) is 7. The molecule has 3 aromatic rings. The van der Waals surface area contributed by atoms with Gasteiger partial charge in [0.25, 0.3) is 5.91 Å². The fourth-order valence-electron chi connectivity index (χ4n) is 3.12. The van der Waals surface area contributed by atoms with Crippen LogP contribution in [0.1, 0.15) is 15.9 Å². The molecule has 1 aliphatic rings. The Labute approximate surface area is 171 Å². The summed E-state index contributed by atoms with van der Waals surface area (Å²) >= 11 is 1.29. The van der Waals surface area contributed by atoms with Crippen molar-refractivity contribution < 1.29 is 23.8 Å². The Bertz CT molecular complexity index is 1080. The third-order valence-electron chi connectivity index (χ3n) is 4.60. The minimum Gasteiger partial charge on any atom is -0.493 e. The first-order valence-corrected chi connectivity index (χ1v) is 9.74. The average molecular weight is 410 g/mol. The molecule has 2 heterocycles. The Balaban J connectivity index is 1.48. The van der Waals surface area contributed by atoms with Gasteiger partial charge in [-0.05, 0) is 29.8 Å². The monoisotopic (exact) mass is 410 g/mol. The molecule has 4 rings (SSSR count). The number of amides is 1. The number of methoxy groups -OCH3 is 2. The third-order valence-corrected chi connectivity index (χ3v) is 5.36. The SMILES string of the molecule is COc1ccc(-c2csc(NC(=O)C3Cc4ccccc4C(=O)O3)n2)cc1OC. The van der Waals surface area contributed by atoms with Gasteiger partial charge in [0, 0.05) is 17.4 Å². The summed E-state index contributed by atoms with van der Waals surface area (Å²) in [5, 5.41) is 5.00. The second-order valence-corrected chi connectivity index (χ2v) is 7.21. The highest BCUT2D eigenvalue weighted by atomic mass is 32.1. The van der Waals surface area contributed by atoms with E-state index in [4.69, 9.17) is 14.2 Å². The lowest BCUT2D eigenvalue weighted by Gasteiger charge is -2.23. The molecule has 0 bridgehead atoms. The molecule has 1 amide bonds. The van der Waals surface area contributed by atoms with Crippen molar-refractivity contribution in [1.29, 1.82) is 0 Å². The summed E-state index contributed by atoms with van der Waals surface area (Å²) in [6.45, 7) is 0. The predicted octanol–water partition coefficient (Wildman–Crippen LogP) is 3.55. The Morgan fingerprint density at radius 3 is 2.76 bits per heavy atom. The molecule has 7 nitrogen and oxygen atoms in total. The van der Waals surface area contributed by atoms with Crippen LogP contribution < -0.4 is 14.8 Å². The van der Waals surface area contributed by atoms with E-state index >= 15 is 0 Å². The van der Waals surface area contributed by atoms with E-state index in [1.165, 1.54) is 11.3 Å². The van der Waals surface area contributed by atoms with Crippen LogP contribution in [0.15, 0.2) is 47.8 Å². The molecule has 0 fully saturated rings. The zero-order chi connectivity index (χ0) is 20.4. The van der Waals surface area contributed by atoms with E-state index in [1.807, 2.05) is 29.6 Å². The summed E-state index contributed by atoms with van der Waals surface area (Å²) in [6.07, 6.45) is -0.549. The third kappa shape index (κ3) is 3.79. The Morgan fingerprint density at radius 1 is 1.17 bits per heavy atom. The van der Waals surface area contributed by atoms with Crippen molar-refractivity contribution in [2.75, 3.05) is 19.5 Å². The van der Waals surface area contributed by atoms with Gasteiger partial charge in [0.2, 0.25) is 0 Å². The molecule has 0 spiro atoms. The predicted molar refractivity (Wildman–Crippen MR) is 109 cm³/mol. The van der Waals surface area contributed by atoms with Gasteiger partial charge in [0.1, 0.15) is 0 Å². The van der Waals surface area contributed by atoms with Crippen molar-refractivity contribution in [3.05, 3.63) is 59.0 Å². The molecule has 1 aromatic heterocycles. The number of fused-ring (bicyclic) bond motifs is 1. The van der Waals surface area contributed by atoms with Crippen molar-refractivity contribution in [2.45, 2.75) is 12.5 Å². The standard InChI is InChI=1S/C21H18N2O5S/c1-26-16-8-7-13(10-17(16)27-2)15-11-29-21(22-15)23-19(24)18-9-12-5-3-4-6-14(12)20(25)28-18/h3-8,10-11,18H,9H2,1-2H3,(H,22,23,24). The van der Waals surface area contributed by atoms with Crippen LogP contribution in [-0.2, 0) is 16.0 Å². The van der Waals surface area contributed by atoms with Gasteiger partial charge in [-0.25, -0.2) is 9.78 Å². The molecule has 0 aliphatic carbocycles. The number of cyclic esters (lactones) is 1. The molecular formula is C21H18N2O5S. The van der Waals surface area contributed by atoms with Gasteiger partial charge in [-0.1, -0.05) is 18.2 Å². The van der Waals surface area contributed by atoms with Gasteiger partial charge >= 0.3 is 5.97 Å². The number of hydrogen-bond donors (Lipinski definition) is 1. The van der Waals surface area contributed by atoms with E-state index in [0.29, 0.717) is 34.3 Å². The van der Waals surface area contributed by atoms with Crippen molar-refractivity contribution >= 4 is 28.3 Å². The molecule has 0 radical (unpaired) electrons. The van der Waals surface area contributed by atoms with Gasteiger partial charge in [-0.15, -0.1) is 11.3 Å². The number of ether oxygens (including phenoxy) is 3. The van der Waals surface area contributed by atoms with Crippen LogP contribution in [0, 0.1) is 0 Å². The summed E-state index contributed by atoms with van der Waals surface area (Å²) in [7, 11) is 3.14. The van der Waals surface area contributed by atoms with Crippen molar-refractivity contribution in [3.8, 4) is 22.8 Å². The molecule has 0 saturated carbocycles. The van der Waals surface area contributed by atoms with Crippen LogP contribution in [0.5, 0.6) is 11.5 Å². The largest absolute Gasteiger partial charge is 0.493 e. The Kier molecular flexibility index (Phi) is 5.18. The molecular weight excluding hydrogens is 392 g/mol. The maximum absolute atomic E-state index is 12.6. The van der Waals surface area contributed by atoms with E-state index < -0.39 is 18.0 Å². The van der Waals surface area contributed by atoms with Gasteiger partial charge < -0.3 is 14.2 Å². The summed E-state index contributed by atoms with van der Waals surface area (Å²) in [5.41, 5.74) is 2.82. The van der Waals surface area contributed by atoms with Crippen LogP contribution in [0.25, 0.3) is 11.3 Å². The minimum absolute atomic E-state index is 0.335. The normalized spacial score (nSPS) is 15.2. The van der Waals surface area contributed by atoms with Crippen LogP contribution in [0.4, 0.5) is 5.13 Å². The highest BCUT2D eigenvalue weighted by molar-refractivity contribution is 7.14. The van der Waals surface area contributed by atoms with Gasteiger partial charge in [-0.3, -0.25) is 10.1 Å². The highest BCUT2D eigenvalue weighted by Crippen LogP contribution is 2.33. The molecule has 1 N–H and O–H groups in total. The van der Waals surface area contributed by atoms with Gasteiger partial charge in [0.05, 0.1) is 25.5 Å². The van der Waals surface area contributed by atoms with E-state index in [1.54, 1.807) is 32.4 Å². The molecule has 8 heteroatoms. The number of thiazole rings is 1. The number of anilines is 1. The average Bonchev–Trinajstić information content (AvgIpc) is 3.21. The maximum atomic E-state index is 12.6. The lowest BCUT2D eigenvalue weighted by molar-refractivity contribution is -0.125. The van der Waals surface area contributed by atoms with Gasteiger partial charge in [0.15, 0.2) is 22.7 Å². The molecule has 1 atom stereocenters. The topological polar surface area (TPSA) is 86.8 Å². The molecule has 2 aromatic carbocycles. The highest BCUT2D eigenvalue weighted by Gasteiger charge is 2.31. The summed E-state index contributed by atoms with van der Waals surface area (Å²) in [4.78, 5) is 29.2. The molecule has 1 unspecified atom stereocenters. The van der Waals surface area contributed by atoms with Crippen LogP contribution in [-0.4, -0.2) is 37.2 Å².